The van der Waals surface area contributed by atoms with Gasteiger partial charge in [-0.1, -0.05) is 0 Å². The molecule has 0 bridgehead atoms. The summed E-state index contributed by atoms with van der Waals surface area (Å²) in [5.41, 5.74) is 2.82. The van der Waals surface area contributed by atoms with Crippen molar-refractivity contribution in [1.29, 1.82) is 0 Å². The fourth-order valence-electron chi connectivity index (χ4n) is 1.88. The van der Waals surface area contributed by atoms with Crippen LogP contribution in [0.1, 0.15) is 19.4 Å². The summed E-state index contributed by atoms with van der Waals surface area (Å²) in [5.74, 6) is 1.61. The Labute approximate surface area is 113 Å². The van der Waals surface area contributed by atoms with Crippen LogP contribution in [-0.4, -0.2) is 28.1 Å². The Hall–Kier alpha value is -2.17. The van der Waals surface area contributed by atoms with E-state index in [-0.39, 0.29) is 0 Å². The number of aromatic nitrogens is 3. The molecule has 0 aliphatic rings. The molecule has 0 fully saturated rings. The van der Waals surface area contributed by atoms with E-state index in [4.69, 9.17) is 4.74 Å². The van der Waals surface area contributed by atoms with Gasteiger partial charge < -0.3 is 10.1 Å². The van der Waals surface area contributed by atoms with Crippen molar-refractivity contribution in [1.82, 2.24) is 15.0 Å². The molecule has 0 aliphatic heterocycles. The maximum absolute atomic E-state index is 5.46. The van der Waals surface area contributed by atoms with E-state index in [0.29, 0.717) is 6.61 Å². The van der Waals surface area contributed by atoms with Crippen LogP contribution in [0.4, 0.5) is 5.82 Å². The first-order valence-corrected chi connectivity index (χ1v) is 6.40. The monoisotopic (exact) mass is 258 g/mol. The number of pyridine rings is 1. The van der Waals surface area contributed by atoms with E-state index in [1.54, 1.807) is 18.7 Å². The second kappa shape index (κ2) is 6.13. The van der Waals surface area contributed by atoms with Gasteiger partial charge in [0.2, 0.25) is 0 Å². The van der Waals surface area contributed by atoms with Crippen LogP contribution in [0.25, 0.3) is 11.3 Å². The van der Waals surface area contributed by atoms with Gasteiger partial charge in [-0.15, -0.1) is 0 Å². The SMILES string of the molecule is CCNc1ncnc(-c2cncc(OCC)c2)c1C. The van der Waals surface area contributed by atoms with Crippen LogP contribution in [0, 0.1) is 6.92 Å². The maximum Gasteiger partial charge on any atom is 0.138 e. The number of nitrogens with zero attached hydrogens (tertiary/aromatic N) is 3. The fourth-order valence-corrected chi connectivity index (χ4v) is 1.88. The smallest absolute Gasteiger partial charge is 0.138 e. The van der Waals surface area contributed by atoms with Gasteiger partial charge in [-0.2, -0.15) is 0 Å². The van der Waals surface area contributed by atoms with E-state index in [0.717, 1.165) is 34.9 Å². The third-order valence-corrected chi connectivity index (χ3v) is 2.73. The minimum Gasteiger partial charge on any atom is -0.492 e. The zero-order chi connectivity index (χ0) is 13.7. The van der Waals surface area contributed by atoms with E-state index < -0.39 is 0 Å². The number of hydrogen-bond acceptors (Lipinski definition) is 5. The second-order valence-corrected chi connectivity index (χ2v) is 4.07. The average Bonchev–Trinajstić information content (AvgIpc) is 2.42. The summed E-state index contributed by atoms with van der Waals surface area (Å²) in [7, 11) is 0. The molecule has 100 valence electrons. The molecular weight excluding hydrogens is 240 g/mol. The van der Waals surface area contributed by atoms with Crippen molar-refractivity contribution >= 4 is 5.82 Å². The molecule has 5 nitrogen and oxygen atoms in total. The van der Waals surface area contributed by atoms with Gasteiger partial charge in [0.25, 0.3) is 0 Å². The fraction of sp³-hybridized carbons (Fsp3) is 0.357. The number of ether oxygens (including phenoxy) is 1. The van der Waals surface area contributed by atoms with Gasteiger partial charge in [-0.25, -0.2) is 9.97 Å². The zero-order valence-electron chi connectivity index (χ0n) is 11.5. The lowest BCUT2D eigenvalue weighted by Gasteiger charge is -2.11. The van der Waals surface area contributed by atoms with Gasteiger partial charge in [0, 0.05) is 23.9 Å². The Kier molecular flexibility index (Phi) is 4.28. The van der Waals surface area contributed by atoms with Crippen LogP contribution in [0.15, 0.2) is 24.8 Å². The Morgan fingerprint density at radius 1 is 1.21 bits per heavy atom. The molecule has 0 saturated heterocycles. The van der Waals surface area contributed by atoms with Gasteiger partial charge in [-0.05, 0) is 26.8 Å². The van der Waals surface area contributed by atoms with E-state index in [2.05, 4.69) is 20.3 Å². The molecule has 2 heterocycles. The summed E-state index contributed by atoms with van der Waals surface area (Å²) in [6.45, 7) is 7.44. The summed E-state index contributed by atoms with van der Waals surface area (Å²) in [6.07, 6.45) is 5.05. The molecule has 2 aromatic rings. The highest BCUT2D eigenvalue weighted by molar-refractivity contribution is 5.68. The largest absolute Gasteiger partial charge is 0.492 e. The van der Waals surface area contributed by atoms with E-state index in [1.807, 2.05) is 26.8 Å². The Morgan fingerprint density at radius 2 is 2.05 bits per heavy atom. The molecule has 2 rings (SSSR count). The highest BCUT2D eigenvalue weighted by atomic mass is 16.5. The summed E-state index contributed by atoms with van der Waals surface area (Å²) >= 11 is 0. The first-order valence-electron chi connectivity index (χ1n) is 6.40. The predicted octanol–water partition coefficient (Wildman–Crippen LogP) is 2.68. The predicted molar refractivity (Wildman–Crippen MR) is 75.3 cm³/mol. The molecule has 0 unspecified atom stereocenters. The number of hydrogen-bond donors (Lipinski definition) is 1. The number of nitrogens with one attached hydrogen (secondary N) is 1. The lowest BCUT2D eigenvalue weighted by atomic mass is 10.1. The lowest BCUT2D eigenvalue weighted by molar-refractivity contribution is 0.339. The van der Waals surface area contributed by atoms with Crippen molar-refractivity contribution in [2.75, 3.05) is 18.5 Å². The van der Waals surface area contributed by atoms with Gasteiger partial charge in [0.15, 0.2) is 0 Å². The molecule has 0 radical (unpaired) electrons. The topological polar surface area (TPSA) is 59.9 Å². The first kappa shape index (κ1) is 13.3. The average molecular weight is 258 g/mol. The van der Waals surface area contributed by atoms with E-state index in [1.165, 1.54) is 0 Å². The van der Waals surface area contributed by atoms with Crippen molar-refractivity contribution in [3.8, 4) is 17.0 Å². The molecule has 1 N–H and O–H groups in total. The standard InChI is InChI=1S/C14H18N4O/c1-4-16-14-10(3)13(17-9-18-14)11-6-12(19-5-2)8-15-7-11/h6-9H,4-5H2,1-3H3,(H,16,17,18). The molecule has 5 heteroatoms. The normalized spacial score (nSPS) is 10.3. The van der Waals surface area contributed by atoms with Crippen LogP contribution in [-0.2, 0) is 0 Å². The molecule has 0 spiro atoms. The lowest BCUT2D eigenvalue weighted by Crippen LogP contribution is -2.04. The van der Waals surface area contributed by atoms with Gasteiger partial charge in [-0.3, -0.25) is 4.98 Å². The second-order valence-electron chi connectivity index (χ2n) is 4.07. The molecule has 0 aromatic carbocycles. The number of rotatable bonds is 5. The number of anilines is 1. The summed E-state index contributed by atoms with van der Waals surface area (Å²) < 4.78 is 5.46. The third-order valence-electron chi connectivity index (χ3n) is 2.73. The third kappa shape index (κ3) is 2.99. The highest BCUT2D eigenvalue weighted by Gasteiger charge is 2.09. The Balaban J connectivity index is 2.41. The molecule has 0 saturated carbocycles. The zero-order valence-corrected chi connectivity index (χ0v) is 11.5. The van der Waals surface area contributed by atoms with Crippen LogP contribution in [0.3, 0.4) is 0 Å². The first-order chi connectivity index (χ1) is 9.26. The van der Waals surface area contributed by atoms with Crippen molar-refractivity contribution in [2.45, 2.75) is 20.8 Å². The molecule has 19 heavy (non-hydrogen) atoms. The Bertz CT molecular complexity index is 557. The summed E-state index contributed by atoms with van der Waals surface area (Å²) in [4.78, 5) is 12.8. The quantitative estimate of drug-likeness (QED) is 0.893. The maximum atomic E-state index is 5.46. The summed E-state index contributed by atoms with van der Waals surface area (Å²) in [6, 6.07) is 1.95. The molecule has 0 atom stereocenters. The molecule has 0 aliphatic carbocycles. The minimum absolute atomic E-state index is 0.622. The van der Waals surface area contributed by atoms with Crippen molar-refractivity contribution in [3.63, 3.8) is 0 Å². The molecular formula is C14H18N4O. The van der Waals surface area contributed by atoms with Crippen molar-refractivity contribution in [3.05, 3.63) is 30.4 Å². The van der Waals surface area contributed by atoms with Crippen LogP contribution < -0.4 is 10.1 Å². The van der Waals surface area contributed by atoms with Crippen LogP contribution in [0.5, 0.6) is 5.75 Å². The molecule has 2 aromatic heterocycles. The van der Waals surface area contributed by atoms with Crippen molar-refractivity contribution < 1.29 is 4.74 Å². The van der Waals surface area contributed by atoms with E-state index in [9.17, 15) is 0 Å². The van der Waals surface area contributed by atoms with Crippen molar-refractivity contribution in [2.24, 2.45) is 0 Å². The summed E-state index contributed by atoms with van der Waals surface area (Å²) in [5, 5.41) is 3.22. The van der Waals surface area contributed by atoms with Crippen LogP contribution >= 0.6 is 0 Å². The minimum atomic E-state index is 0.622. The highest BCUT2D eigenvalue weighted by Crippen LogP contribution is 2.26. The van der Waals surface area contributed by atoms with E-state index >= 15 is 0 Å². The van der Waals surface area contributed by atoms with Gasteiger partial charge in [0.05, 0.1) is 18.5 Å². The Morgan fingerprint density at radius 3 is 2.79 bits per heavy atom. The molecule has 0 amide bonds. The van der Waals surface area contributed by atoms with Gasteiger partial charge in [0.1, 0.15) is 17.9 Å². The van der Waals surface area contributed by atoms with Gasteiger partial charge >= 0.3 is 0 Å². The van der Waals surface area contributed by atoms with Crippen LogP contribution in [0.2, 0.25) is 0 Å².